The predicted octanol–water partition coefficient (Wildman–Crippen LogP) is 4.36. The standard InChI is InChI=1S/C22H18F2N4O3S2/c1-12-20-15(22(29)25-13-4-5-16(23)17(24)9-13)10-18(19-3-2-7-32-19)26-21(20)28(27-12)14-6-8-33(30,31)11-14/h2-5,7,9-10,14H,6,8,11H2,1H3,(H,25,29)/t14-/m1/s1. The van der Waals surface area contributed by atoms with E-state index >= 15 is 0 Å². The number of nitrogens with zero attached hydrogens (tertiary/aromatic N) is 3. The lowest BCUT2D eigenvalue weighted by molar-refractivity contribution is 0.102. The van der Waals surface area contributed by atoms with Crippen LogP contribution in [-0.2, 0) is 9.84 Å². The van der Waals surface area contributed by atoms with Crippen molar-refractivity contribution in [2.45, 2.75) is 19.4 Å². The first-order valence-electron chi connectivity index (χ1n) is 10.1. The molecule has 0 spiro atoms. The van der Waals surface area contributed by atoms with Crippen LogP contribution >= 0.6 is 11.3 Å². The molecule has 1 N–H and O–H groups in total. The van der Waals surface area contributed by atoms with Gasteiger partial charge in [0, 0.05) is 11.8 Å². The van der Waals surface area contributed by atoms with Crippen LogP contribution in [0.5, 0.6) is 0 Å². The van der Waals surface area contributed by atoms with E-state index in [0.29, 0.717) is 28.8 Å². The van der Waals surface area contributed by atoms with Crippen molar-refractivity contribution in [1.82, 2.24) is 14.8 Å². The molecule has 0 bridgehead atoms. The zero-order chi connectivity index (χ0) is 23.3. The Kier molecular flexibility index (Phi) is 5.25. The lowest BCUT2D eigenvalue weighted by Crippen LogP contribution is -2.15. The van der Waals surface area contributed by atoms with Gasteiger partial charge < -0.3 is 5.32 Å². The van der Waals surface area contributed by atoms with Crippen molar-refractivity contribution >= 4 is 43.8 Å². The highest BCUT2D eigenvalue weighted by molar-refractivity contribution is 7.91. The molecule has 170 valence electrons. The van der Waals surface area contributed by atoms with E-state index < -0.39 is 27.4 Å². The SMILES string of the molecule is Cc1nn([C@@H]2CCS(=O)(=O)C2)c2nc(-c3cccs3)cc(C(=O)Nc3ccc(F)c(F)c3)c12. The highest BCUT2D eigenvalue weighted by Crippen LogP contribution is 2.33. The average molecular weight is 489 g/mol. The molecule has 0 aliphatic carbocycles. The molecule has 1 saturated heterocycles. The first-order chi connectivity index (χ1) is 15.7. The second kappa shape index (κ2) is 7.99. The lowest BCUT2D eigenvalue weighted by Gasteiger charge is -2.12. The van der Waals surface area contributed by atoms with Crippen LogP contribution in [0.4, 0.5) is 14.5 Å². The van der Waals surface area contributed by atoms with Crippen molar-refractivity contribution in [3.05, 3.63) is 64.7 Å². The Morgan fingerprint density at radius 2 is 2.03 bits per heavy atom. The maximum atomic E-state index is 13.6. The molecule has 1 aromatic carbocycles. The Balaban J connectivity index is 1.65. The van der Waals surface area contributed by atoms with Crippen LogP contribution in [0.15, 0.2) is 41.8 Å². The number of anilines is 1. The van der Waals surface area contributed by atoms with Crippen LogP contribution in [0, 0.1) is 18.6 Å². The predicted molar refractivity (Wildman–Crippen MR) is 122 cm³/mol. The molecule has 0 radical (unpaired) electrons. The Morgan fingerprint density at radius 3 is 2.70 bits per heavy atom. The van der Waals surface area contributed by atoms with Gasteiger partial charge in [0.1, 0.15) is 0 Å². The van der Waals surface area contributed by atoms with Gasteiger partial charge in [-0.25, -0.2) is 26.9 Å². The van der Waals surface area contributed by atoms with E-state index in [-0.39, 0.29) is 28.8 Å². The molecule has 1 aliphatic heterocycles. The van der Waals surface area contributed by atoms with Gasteiger partial charge in [0.15, 0.2) is 27.1 Å². The summed E-state index contributed by atoms with van der Waals surface area (Å²) < 4.78 is 52.6. The summed E-state index contributed by atoms with van der Waals surface area (Å²) in [6, 6.07) is 8.10. The van der Waals surface area contributed by atoms with Gasteiger partial charge in [0.05, 0.1) is 44.8 Å². The van der Waals surface area contributed by atoms with Crippen molar-refractivity contribution in [2.75, 3.05) is 16.8 Å². The maximum Gasteiger partial charge on any atom is 0.256 e. The van der Waals surface area contributed by atoms with E-state index in [1.54, 1.807) is 17.7 Å². The molecule has 4 heterocycles. The van der Waals surface area contributed by atoms with Crippen LogP contribution in [-0.4, -0.2) is 40.6 Å². The van der Waals surface area contributed by atoms with Crippen LogP contribution < -0.4 is 5.32 Å². The van der Waals surface area contributed by atoms with Gasteiger partial charge in [-0.05, 0) is 43.0 Å². The smallest absolute Gasteiger partial charge is 0.256 e. The third-order valence-corrected chi connectivity index (χ3v) is 8.23. The molecule has 7 nitrogen and oxygen atoms in total. The van der Waals surface area contributed by atoms with Crippen LogP contribution in [0.2, 0.25) is 0 Å². The third kappa shape index (κ3) is 4.02. The summed E-state index contributed by atoms with van der Waals surface area (Å²) in [4.78, 5) is 18.8. The number of hydrogen-bond donors (Lipinski definition) is 1. The summed E-state index contributed by atoms with van der Waals surface area (Å²) in [7, 11) is -3.16. The fourth-order valence-electron chi connectivity index (χ4n) is 4.04. The molecule has 1 amide bonds. The minimum atomic E-state index is -3.16. The molecule has 3 aromatic heterocycles. The van der Waals surface area contributed by atoms with E-state index in [9.17, 15) is 22.0 Å². The fourth-order valence-corrected chi connectivity index (χ4v) is 6.42. The molecular weight excluding hydrogens is 470 g/mol. The van der Waals surface area contributed by atoms with E-state index in [0.717, 1.165) is 17.0 Å². The average Bonchev–Trinajstić information content (AvgIpc) is 3.49. The van der Waals surface area contributed by atoms with E-state index in [4.69, 9.17) is 4.98 Å². The summed E-state index contributed by atoms with van der Waals surface area (Å²) in [5, 5.41) is 9.52. The fraction of sp³-hybridized carbons (Fsp3) is 0.227. The van der Waals surface area contributed by atoms with E-state index in [1.165, 1.54) is 17.4 Å². The first kappa shape index (κ1) is 21.7. The van der Waals surface area contributed by atoms with E-state index in [2.05, 4.69) is 10.4 Å². The van der Waals surface area contributed by atoms with Gasteiger partial charge in [-0.2, -0.15) is 5.10 Å². The number of thiophene rings is 1. The monoisotopic (exact) mass is 488 g/mol. The summed E-state index contributed by atoms with van der Waals surface area (Å²) in [5.74, 6) is -2.58. The summed E-state index contributed by atoms with van der Waals surface area (Å²) >= 11 is 1.45. The minimum absolute atomic E-state index is 0.0372. The topological polar surface area (TPSA) is 93.9 Å². The number of amides is 1. The number of sulfone groups is 1. The van der Waals surface area contributed by atoms with Gasteiger partial charge in [-0.1, -0.05) is 6.07 Å². The Bertz CT molecular complexity index is 1500. The normalized spacial score (nSPS) is 17.5. The van der Waals surface area contributed by atoms with Crippen LogP contribution in [0.25, 0.3) is 21.6 Å². The van der Waals surface area contributed by atoms with Crippen molar-refractivity contribution < 1.29 is 22.0 Å². The second-order valence-corrected chi connectivity index (χ2v) is 11.1. The molecule has 11 heteroatoms. The molecule has 4 aromatic rings. The molecule has 0 saturated carbocycles. The number of aryl methyl sites for hydroxylation is 1. The van der Waals surface area contributed by atoms with Gasteiger partial charge in [0.25, 0.3) is 5.91 Å². The molecule has 5 rings (SSSR count). The van der Waals surface area contributed by atoms with Gasteiger partial charge >= 0.3 is 0 Å². The van der Waals surface area contributed by atoms with Gasteiger partial charge in [-0.3, -0.25) is 4.79 Å². The van der Waals surface area contributed by atoms with Gasteiger partial charge in [-0.15, -0.1) is 11.3 Å². The maximum absolute atomic E-state index is 13.6. The van der Waals surface area contributed by atoms with Crippen molar-refractivity contribution in [3.8, 4) is 10.6 Å². The highest BCUT2D eigenvalue weighted by Gasteiger charge is 2.32. The van der Waals surface area contributed by atoms with Gasteiger partial charge in [0.2, 0.25) is 0 Å². The quantitative estimate of drug-likeness (QED) is 0.461. The number of rotatable bonds is 4. The zero-order valence-electron chi connectivity index (χ0n) is 17.4. The van der Waals surface area contributed by atoms with Crippen LogP contribution in [0.1, 0.15) is 28.5 Å². The number of aromatic nitrogens is 3. The van der Waals surface area contributed by atoms with Crippen molar-refractivity contribution in [3.63, 3.8) is 0 Å². The first-order valence-corrected chi connectivity index (χ1v) is 12.8. The molecule has 0 unspecified atom stereocenters. The van der Waals surface area contributed by atoms with Crippen LogP contribution in [0.3, 0.4) is 0 Å². The number of carbonyl (C=O) groups is 1. The number of halogens is 2. The Hall–Kier alpha value is -3.18. The van der Waals surface area contributed by atoms with Crippen molar-refractivity contribution in [2.24, 2.45) is 0 Å². The van der Waals surface area contributed by atoms with E-state index in [1.807, 2.05) is 17.5 Å². The second-order valence-electron chi connectivity index (χ2n) is 7.90. The molecule has 1 aliphatic rings. The molecule has 1 fully saturated rings. The molecule has 1 atom stereocenters. The number of benzene rings is 1. The highest BCUT2D eigenvalue weighted by atomic mass is 32.2. The third-order valence-electron chi connectivity index (χ3n) is 5.59. The Labute approximate surface area is 192 Å². The summed E-state index contributed by atoms with van der Waals surface area (Å²) in [6.45, 7) is 1.73. The zero-order valence-corrected chi connectivity index (χ0v) is 19.0. The number of fused-ring (bicyclic) bond motifs is 1. The number of carbonyl (C=O) groups excluding carboxylic acids is 1. The summed E-state index contributed by atoms with van der Waals surface area (Å²) in [6.07, 6.45) is 0.417. The molecule has 33 heavy (non-hydrogen) atoms. The molecular formula is C22H18F2N4O3S2. The number of hydrogen-bond acceptors (Lipinski definition) is 6. The summed E-state index contributed by atoms with van der Waals surface area (Å²) in [5.41, 5.74) is 1.84. The largest absolute Gasteiger partial charge is 0.322 e. The number of nitrogens with one attached hydrogen (secondary N) is 1. The number of pyridine rings is 1. The Morgan fingerprint density at radius 1 is 1.21 bits per heavy atom. The minimum Gasteiger partial charge on any atom is -0.322 e. The lowest BCUT2D eigenvalue weighted by atomic mass is 10.1. The van der Waals surface area contributed by atoms with Crippen molar-refractivity contribution in [1.29, 1.82) is 0 Å².